The number of carbonyl (C=O) groups is 1. The smallest absolute Gasteiger partial charge is 0.151 e. The zero-order valence-corrected chi connectivity index (χ0v) is 6.37. The van der Waals surface area contributed by atoms with Gasteiger partial charge >= 0.3 is 0 Å². The molecule has 0 aliphatic heterocycles. The van der Waals surface area contributed by atoms with Crippen LogP contribution >= 0.6 is 0 Å². The minimum Gasteiger partial charge on any atom is -0.394 e. The number of aliphatic hydroxyl groups excluding tert-OH is 4. The van der Waals surface area contributed by atoms with E-state index in [0.29, 0.717) is 0 Å². The molecule has 7 nitrogen and oxygen atoms in total. The number of aliphatic hydroxyl groups is 4. The Kier molecular flexibility index (Phi) is 9.93. The molecule has 0 bridgehead atoms. The quantitative estimate of drug-likeness (QED) is 0.148. The number of aldehydes is 1. The molecule has 0 spiro atoms. The van der Waals surface area contributed by atoms with Crippen LogP contribution < -0.4 is 11.7 Å². The first-order chi connectivity index (χ1) is 5.63. The Bertz CT molecular complexity index is 112. The monoisotopic (exact) mass is 182 g/mol. The molecule has 3 atom stereocenters. The number of rotatable bonds is 4. The lowest BCUT2D eigenvalue weighted by Gasteiger charge is -2.16. The summed E-state index contributed by atoms with van der Waals surface area (Å²) in [7, 11) is 0. The first kappa shape index (κ1) is 14.0. The van der Waals surface area contributed by atoms with Crippen molar-refractivity contribution in [2.24, 2.45) is 11.7 Å². The molecule has 0 heterocycles. The van der Waals surface area contributed by atoms with Crippen LogP contribution in [-0.2, 0) is 4.79 Å². The fraction of sp³-hybridized carbons (Fsp3) is 0.800. The maximum Gasteiger partial charge on any atom is 0.151 e. The number of hydrogen-bond donors (Lipinski definition) is 6. The Morgan fingerprint density at radius 1 is 1.25 bits per heavy atom. The van der Waals surface area contributed by atoms with Gasteiger partial charge in [-0.3, -0.25) is 11.7 Å². The van der Waals surface area contributed by atoms with Crippen molar-refractivity contribution in [3.05, 3.63) is 0 Å². The zero-order valence-electron chi connectivity index (χ0n) is 6.37. The van der Waals surface area contributed by atoms with Gasteiger partial charge in [-0.05, 0) is 0 Å². The summed E-state index contributed by atoms with van der Waals surface area (Å²) in [5.74, 6) is 8.00. The van der Waals surface area contributed by atoms with Gasteiger partial charge < -0.3 is 25.2 Å². The molecule has 0 fully saturated rings. The van der Waals surface area contributed by atoms with Crippen molar-refractivity contribution >= 4 is 6.29 Å². The molecule has 0 rings (SSSR count). The van der Waals surface area contributed by atoms with Crippen molar-refractivity contribution in [2.45, 2.75) is 18.3 Å². The SMILES string of the molecule is NN.O=CC(O)C(O)C(O)CO. The van der Waals surface area contributed by atoms with E-state index in [1.807, 2.05) is 0 Å². The second-order valence-corrected chi connectivity index (χ2v) is 1.87. The van der Waals surface area contributed by atoms with E-state index in [1.165, 1.54) is 0 Å². The average Bonchev–Trinajstić information content (AvgIpc) is 2.17. The Morgan fingerprint density at radius 3 is 1.92 bits per heavy atom. The summed E-state index contributed by atoms with van der Waals surface area (Å²) in [4.78, 5) is 9.76. The predicted molar refractivity (Wildman–Crippen MR) is 39.5 cm³/mol. The molecule has 3 unspecified atom stereocenters. The molecule has 0 aliphatic rings. The molecule has 0 amide bonds. The van der Waals surface area contributed by atoms with Gasteiger partial charge in [-0.15, -0.1) is 0 Å². The summed E-state index contributed by atoms with van der Waals surface area (Å²) >= 11 is 0. The van der Waals surface area contributed by atoms with E-state index in [9.17, 15) is 4.79 Å². The third kappa shape index (κ3) is 5.13. The molecule has 0 aliphatic carbocycles. The fourth-order valence-corrected chi connectivity index (χ4v) is 0.416. The Labute approximate surface area is 69.2 Å². The van der Waals surface area contributed by atoms with Crippen molar-refractivity contribution < 1.29 is 25.2 Å². The van der Waals surface area contributed by atoms with Gasteiger partial charge in [-0.25, -0.2) is 0 Å². The number of hydrogen-bond acceptors (Lipinski definition) is 7. The summed E-state index contributed by atoms with van der Waals surface area (Å²) in [6, 6.07) is 0. The zero-order chi connectivity index (χ0) is 10.1. The van der Waals surface area contributed by atoms with Gasteiger partial charge in [0.1, 0.15) is 18.3 Å². The largest absolute Gasteiger partial charge is 0.394 e. The first-order valence-corrected chi connectivity index (χ1v) is 3.07. The summed E-state index contributed by atoms with van der Waals surface area (Å²) in [6.45, 7) is -0.688. The fourth-order valence-electron chi connectivity index (χ4n) is 0.416. The van der Waals surface area contributed by atoms with E-state index < -0.39 is 24.9 Å². The van der Waals surface area contributed by atoms with E-state index in [0.717, 1.165) is 0 Å². The summed E-state index contributed by atoms with van der Waals surface area (Å²) in [6.07, 6.45) is -4.63. The van der Waals surface area contributed by atoms with Crippen LogP contribution in [0.3, 0.4) is 0 Å². The van der Waals surface area contributed by atoms with Crippen LogP contribution in [0.5, 0.6) is 0 Å². The lowest BCUT2D eigenvalue weighted by molar-refractivity contribution is -0.127. The molecular formula is C5H14N2O5. The molecule has 0 aromatic carbocycles. The van der Waals surface area contributed by atoms with Crippen molar-refractivity contribution in [1.29, 1.82) is 0 Å². The molecule has 0 radical (unpaired) electrons. The van der Waals surface area contributed by atoms with Gasteiger partial charge in [0.05, 0.1) is 6.61 Å². The van der Waals surface area contributed by atoms with E-state index >= 15 is 0 Å². The van der Waals surface area contributed by atoms with E-state index in [4.69, 9.17) is 20.4 Å². The third-order valence-electron chi connectivity index (χ3n) is 1.07. The Morgan fingerprint density at radius 2 is 1.67 bits per heavy atom. The highest BCUT2D eigenvalue weighted by Crippen LogP contribution is 1.96. The topological polar surface area (TPSA) is 150 Å². The van der Waals surface area contributed by atoms with Gasteiger partial charge in [0.2, 0.25) is 0 Å². The van der Waals surface area contributed by atoms with Crippen molar-refractivity contribution in [3.63, 3.8) is 0 Å². The molecule has 8 N–H and O–H groups in total. The van der Waals surface area contributed by atoms with Gasteiger partial charge in [0.15, 0.2) is 6.29 Å². The minimum atomic E-state index is -1.64. The second kappa shape index (κ2) is 8.53. The molecular weight excluding hydrogens is 168 g/mol. The number of carbonyl (C=O) groups excluding carboxylic acids is 1. The molecule has 0 aromatic heterocycles. The average molecular weight is 182 g/mol. The Hall–Kier alpha value is -0.570. The lowest BCUT2D eigenvalue weighted by Crippen LogP contribution is -2.40. The van der Waals surface area contributed by atoms with Crippen molar-refractivity contribution in [1.82, 2.24) is 0 Å². The summed E-state index contributed by atoms with van der Waals surface area (Å²) < 4.78 is 0. The highest BCUT2D eigenvalue weighted by atomic mass is 16.4. The molecule has 74 valence electrons. The van der Waals surface area contributed by atoms with Crippen LogP contribution in [-0.4, -0.2) is 51.6 Å². The molecule has 12 heavy (non-hydrogen) atoms. The molecule has 7 heteroatoms. The van der Waals surface area contributed by atoms with Crippen molar-refractivity contribution in [2.75, 3.05) is 6.61 Å². The molecule has 0 aromatic rings. The van der Waals surface area contributed by atoms with Crippen LogP contribution in [0.25, 0.3) is 0 Å². The standard InChI is InChI=1S/C5H10O5.H4N2/c6-1-3(8)5(10)4(9)2-7;1-2/h1,3-5,7-10H,2H2;1-2H2. The van der Waals surface area contributed by atoms with Gasteiger partial charge in [-0.1, -0.05) is 0 Å². The van der Waals surface area contributed by atoms with Crippen LogP contribution in [0.15, 0.2) is 0 Å². The first-order valence-electron chi connectivity index (χ1n) is 3.07. The van der Waals surface area contributed by atoms with E-state index in [1.54, 1.807) is 0 Å². The Balaban J connectivity index is 0. The predicted octanol–water partition coefficient (Wildman–Crippen LogP) is -3.92. The number of hydrazine groups is 1. The van der Waals surface area contributed by atoms with Crippen molar-refractivity contribution in [3.8, 4) is 0 Å². The number of nitrogens with two attached hydrogens (primary N) is 2. The van der Waals surface area contributed by atoms with Crippen LogP contribution in [0.4, 0.5) is 0 Å². The van der Waals surface area contributed by atoms with Crippen LogP contribution in [0.2, 0.25) is 0 Å². The lowest BCUT2D eigenvalue weighted by atomic mass is 10.1. The summed E-state index contributed by atoms with van der Waals surface area (Å²) in [5.41, 5.74) is 0. The molecule has 0 saturated heterocycles. The minimum absolute atomic E-state index is 0.0869. The van der Waals surface area contributed by atoms with Crippen LogP contribution in [0.1, 0.15) is 0 Å². The van der Waals surface area contributed by atoms with E-state index in [-0.39, 0.29) is 6.29 Å². The van der Waals surface area contributed by atoms with E-state index in [2.05, 4.69) is 11.7 Å². The maximum absolute atomic E-state index is 9.76. The second-order valence-electron chi connectivity index (χ2n) is 1.87. The van der Waals surface area contributed by atoms with Gasteiger partial charge in [0, 0.05) is 0 Å². The summed E-state index contributed by atoms with van der Waals surface area (Å²) in [5, 5.41) is 34.1. The molecule has 0 saturated carbocycles. The van der Waals surface area contributed by atoms with Crippen LogP contribution in [0, 0.1) is 0 Å². The third-order valence-corrected chi connectivity index (χ3v) is 1.07. The normalized spacial score (nSPS) is 16.8. The highest BCUT2D eigenvalue weighted by molar-refractivity contribution is 5.56. The van der Waals surface area contributed by atoms with Gasteiger partial charge in [0.25, 0.3) is 0 Å². The highest BCUT2D eigenvalue weighted by Gasteiger charge is 2.22. The maximum atomic E-state index is 9.76. The van der Waals surface area contributed by atoms with Gasteiger partial charge in [-0.2, -0.15) is 0 Å².